The number of hydrogen-bond acceptors (Lipinski definition) is 10. The maximum Gasteiger partial charge on any atom is 0.264 e. The molecule has 2 bridgehead atoms. The molecule has 2 aromatic rings. The van der Waals surface area contributed by atoms with E-state index in [1.807, 2.05) is 25.1 Å². The number of sulfonamides is 1. The van der Waals surface area contributed by atoms with Gasteiger partial charge in [-0.1, -0.05) is 36.7 Å². The summed E-state index contributed by atoms with van der Waals surface area (Å²) in [6, 6.07) is 11.5. The average Bonchev–Trinajstić information content (AvgIpc) is 3.28. The predicted molar refractivity (Wildman–Crippen MR) is 218 cm³/mol. The smallest absolute Gasteiger partial charge is 0.264 e. The van der Waals surface area contributed by atoms with Crippen molar-refractivity contribution in [1.29, 1.82) is 0 Å². The maximum absolute atomic E-state index is 13.7. The normalized spacial score (nSPS) is 32.3. The number of rotatable bonds is 6. The van der Waals surface area contributed by atoms with Crippen LogP contribution in [-0.4, -0.2) is 121 Å². The molecule has 1 saturated heterocycles. The maximum atomic E-state index is 13.7. The lowest BCUT2D eigenvalue weighted by atomic mass is 9.63. The fourth-order valence-electron chi connectivity index (χ4n) is 9.62. The number of anilines is 1. The molecular weight excluding hydrogens is 760 g/mol. The Morgan fingerprint density at radius 1 is 1.05 bits per heavy atom. The van der Waals surface area contributed by atoms with Gasteiger partial charge >= 0.3 is 0 Å². The number of ether oxygens (including phenoxy) is 2. The number of carbonyl (C=O) groups excluding carboxylic acids is 1. The number of sulfone groups is 1. The van der Waals surface area contributed by atoms with Crippen LogP contribution in [0.15, 0.2) is 48.6 Å². The zero-order chi connectivity index (χ0) is 39.2. The highest BCUT2D eigenvalue weighted by Crippen LogP contribution is 2.49. The molecule has 2 fully saturated rings. The molecule has 0 aromatic heterocycles. The average molecular weight is 818 g/mol. The SMILES string of the molecule is CO[C@@]1(CN2CCN(CCS(C)(=O)=O)CC2)/C=C\C[C@H](C)[C@@H](C)S(=O)(=O)NC(=O)c2ccc3c(c2)N(C[C@@H]2CC[C@H]21)C[C@@]1(CCCc2cc(Cl)ccc21)CO3. The second kappa shape index (κ2) is 15.9. The van der Waals surface area contributed by atoms with Gasteiger partial charge in [-0.3, -0.25) is 14.6 Å². The molecule has 14 heteroatoms. The minimum Gasteiger partial charge on any atom is -0.490 e. The van der Waals surface area contributed by atoms with Gasteiger partial charge in [0, 0.05) is 81.7 Å². The van der Waals surface area contributed by atoms with E-state index in [0.717, 1.165) is 75.5 Å². The number of hydrogen-bond donors (Lipinski definition) is 1. The topological polar surface area (TPSA) is 126 Å². The van der Waals surface area contributed by atoms with Crippen molar-refractivity contribution in [2.45, 2.75) is 68.6 Å². The number of piperazine rings is 1. The predicted octanol–water partition coefficient (Wildman–Crippen LogP) is 4.93. The van der Waals surface area contributed by atoms with Crippen LogP contribution in [-0.2, 0) is 36.4 Å². The zero-order valence-electron chi connectivity index (χ0n) is 32.6. The van der Waals surface area contributed by atoms with Crippen LogP contribution in [0.2, 0.25) is 5.02 Å². The highest BCUT2D eigenvalue weighted by molar-refractivity contribution is 7.90. The number of halogens is 1. The number of fused-ring (bicyclic) bond motifs is 4. The van der Waals surface area contributed by atoms with Gasteiger partial charge in [-0.25, -0.2) is 21.6 Å². The minimum absolute atomic E-state index is 0.157. The standard InChI is InChI=1S/C41H57ClN4O7S2/c1-29-7-5-16-41(52-3,27-45-19-17-44(18-20-45)21-22-54(4,48)49)36-12-9-33(36)25-46-26-40(15-6-8-31-23-34(42)11-13-35(31)40)28-53-38-14-10-32(24-37(38)46)39(47)43-55(50,51)30(29)2/h5,10-11,13-14,16,23-24,29-30,33,36H,6-9,12,15,17-22,25-28H2,1-4H3,(H,43,47)/b16-5-/t29-,30+,33-,36+,40-,41+/m0/s1. The van der Waals surface area contributed by atoms with Gasteiger partial charge in [-0.2, -0.15) is 0 Å². The lowest BCUT2D eigenvalue weighted by Gasteiger charge is -2.52. The van der Waals surface area contributed by atoms with E-state index < -0.39 is 36.6 Å². The number of amides is 1. The van der Waals surface area contributed by atoms with Gasteiger partial charge in [0.2, 0.25) is 10.0 Å². The summed E-state index contributed by atoms with van der Waals surface area (Å²) in [6.45, 7) is 9.84. The molecule has 6 atom stereocenters. The van der Waals surface area contributed by atoms with Crippen LogP contribution in [0.25, 0.3) is 0 Å². The number of methoxy groups -OCH3 is 1. The van der Waals surface area contributed by atoms with Crippen molar-refractivity contribution < 1.29 is 31.1 Å². The van der Waals surface area contributed by atoms with Crippen LogP contribution in [0, 0.1) is 17.8 Å². The van der Waals surface area contributed by atoms with Gasteiger partial charge in [0.05, 0.1) is 23.3 Å². The highest BCUT2D eigenvalue weighted by atomic mass is 35.5. The summed E-state index contributed by atoms with van der Waals surface area (Å²) in [6.07, 6.45) is 11.0. The Morgan fingerprint density at radius 3 is 2.53 bits per heavy atom. The van der Waals surface area contributed by atoms with E-state index in [2.05, 4.69) is 43.7 Å². The van der Waals surface area contributed by atoms with E-state index in [4.69, 9.17) is 21.1 Å². The van der Waals surface area contributed by atoms with Gasteiger partial charge in [0.1, 0.15) is 21.2 Å². The summed E-state index contributed by atoms with van der Waals surface area (Å²) in [4.78, 5) is 20.7. The molecular formula is C41H57ClN4O7S2. The van der Waals surface area contributed by atoms with Gasteiger partial charge in [0.15, 0.2) is 0 Å². The van der Waals surface area contributed by atoms with E-state index in [1.165, 1.54) is 17.4 Å². The molecule has 55 heavy (non-hydrogen) atoms. The van der Waals surface area contributed by atoms with Crippen molar-refractivity contribution in [1.82, 2.24) is 14.5 Å². The molecule has 1 N–H and O–H groups in total. The Balaban J connectivity index is 1.25. The van der Waals surface area contributed by atoms with Crippen molar-refractivity contribution in [3.8, 4) is 5.75 Å². The van der Waals surface area contributed by atoms with Crippen molar-refractivity contribution in [3.05, 3.63) is 70.3 Å². The van der Waals surface area contributed by atoms with E-state index >= 15 is 0 Å². The van der Waals surface area contributed by atoms with Crippen molar-refractivity contribution in [3.63, 3.8) is 0 Å². The first-order valence-electron chi connectivity index (χ1n) is 19.8. The van der Waals surface area contributed by atoms with Gasteiger partial charge < -0.3 is 14.4 Å². The number of aryl methyl sites for hydroxylation is 1. The fourth-order valence-corrected chi connectivity index (χ4v) is 11.7. The van der Waals surface area contributed by atoms with Gasteiger partial charge in [0.25, 0.3) is 5.91 Å². The minimum atomic E-state index is -3.99. The third-order valence-electron chi connectivity index (χ3n) is 13.3. The van der Waals surface area contributed by atoms with E-state index in [1.54, 1.807) is 20.1 Å². The Bertz CT molecular complexity index is 2000. The molecule has 2 aliphatic carbocycles. The summed E-state index contributed by atoms with van der Waals surface area (Å²) in [5.74, 6) is 0.401. The molecule has 5 aliphatic rings. The first-order valence-corrected chi connectivity index (χ1v) is 23.8. The molecule has 1 amide bonds. The number of benzene rings is 2. The summed E-state index contributed by atoms with van der Waals surface area (Å²) in [7, 11) is -5.23. The largest absolute Gasteiger partial charge is 0.490 e. The third-order valence-corrected chi connectivity index (χ3v) is 16.4. The van der Waals surface area contributed by atoms with E-state index in [9.17, 15) is 21.6 Å². The quantitative estimate of drug-likeness (QED) is 0.402. The van der Waals surface area contributed by atoms with Crippen LogP contribution in [0.1, 0.15) is 67.4 Å². The monoisotopic (exact) mass is 816 g/mol. The molecule has 7 rings (SSSR count). The van der Waals surface area contributed by atoms with Crippen LogP contribution >= 0.6 is 11.6 Å². The fraction of sp³-hybridized carbons (Fsp3) is 0.634. The second-order valence-corrected chi connectivity index (χ2v) is 21.7. The first kappa shape index (κ1) is 40.5. The molecule has 1 saturated carbocycles. The van der Waals surface area contributed by atoms with Crippen molar-refractivity contribution in [2.24, 2.45) is 17.8 Å². The third kappa shape index (κ3) is 8.62. The van der Waals surface area contributed by atoms with Crippen molar-refractivity contribution in [2.75, 3.05) is 83.0 Å². The van der Waals surface area contributed by atoms with Crippen LogP contribution in [0.4, 0.5) is 5.69 Å². The lowest BCUT2D eigenvalue weighted by molar-refractivity contribution is -0.0953. The summed E-state index contributed by atoms with van der Waals surface area (Å²) in [5.41, 5.74) is 2.66. The number of carbonyl (C=O) groups is 1. The second-order valence-electron chi connectivity index (χ2n) is 16.9. The number of allylic oxidation sites excluding steroid dienone is 1. The van der Waals surface area contributed by atoms with Gasteiger partial charge in [-0.05, 0) is 105 Å². The van der Waals surface area contributed by atoms with Crippen LogP contribution < -0.4 is 14.4 Å². The molecule has 11 nitrogen and oxygen atoms in total. The Hall–Kier alpha value is -2.68. The molecule has 3 aliphatic heterocycles. The Morgan fingerprint density at radius 2 is 1.82 bits per heavy atom. The molecule has 3 heterocycles. The zero-order valence-corrected chi connectivity index (χ0v) is 35.0. The first-order chi connectivity index (χ1) is 26.1. The van der Waals surface area contributed by atoms with Crippen LogP contribution in [0.3, 0.4) is 0 Å². The number of nitrogens with zero attached hydrogens (tertiary/aromatic N) is 3. The highest BCUT2D eigenvalue weighted by Gasteiger charge is 2.50. The summed E-state index contributed by atoms with van der Waals surface area (Å²) >= 11 is 6.50. The van der Waals surface area contributed by atoms with E-state index in [-0.39, 0.29) is 34.5 Å². The molecule has 302 valence electrons. The van der Waals surface area contributed by atoms with Gasteiger partial charge in [-0.15, -0.1) is 0 Å². The molecule has 1 spiro atoms. The molecule has 0 radical (unpaired) electrons. The summed E-state index contributed by atoms with van der Waals surface area (Å²) < 4.78 is 66.6. The van der Waals surface area contributed by atoms with Crippen LogP contribution in [0.5, 0.6) is 5.75 Å². The number of nitrogens with one attached hydrogen (secondary N) is 1. The summed E-state index contributed by atoms with van der Waals surface area (Å²) in [5, 5.41) is -0.0904. The Kier molecular flexibility index (Phi) is 11.7. The Labute approximate surface area is 332 Å². The van der Waals surface area contributed by atoms with E-state index in [0.29, 0.717) is 38.4 Å². The molecule has 0 unspecified atom stereocenters. The molecule has 2 aromatic carbocycles. The van der Waals surface area contributed by atoms with Crippen molar-refractivity contribution >= 4 is 43.1 Å². The lowest BCUT2D eigenvalue weighted by Crippen LogP contribution is -2.59.